The molecule has 1 fully saturated rings. The summed E-state index contributed by atoms with van der Waals surface area (Å²) in [5.74, 6) is 0.818. The zero-order valence-electron chi connectivity index (χ0n) is 16.3. The summed E-state index contributed by atoms with van der Waals surface area (Å²) in [5, 5.41) is 3.33. The Morgan fingerprint density at radius 3 is 2.55 bits per heavy atom. The van der Waals surface area contributed by atoms with Gasteiger partial charge < -0.3 is 15.0 Å². The number of alkyl halides is 3. The van der Waals surface area contributed by atoms with E-state index in [2.05, 4.69) is 5.32 Å². The Kier molecular flexibility index (Phi) is 6.79. The number of nitrogens with zero attached hydrogens (tertiary/aromatic N) is 1. The molecule has 1 N–H and O–H groups in total. The number of halogens is 3. The van der Waals surface area contributed by atoms with Gasteiger partial charge in [0.25, 0.3) is 0 Å². The lowest BCUT2D eigenvalue weighted by Crippen LogP contribution is -2.36. The molecular weight excluding hydrogens is 381 g/mol. The van der Waals surface area contributed by atoms with Gasteiger partial charge in [-0.3, -0.25) is 4.79 Å². The van der Waals surface area contributed by atoms with Crippen LogP contribution in [0.1, 0.15) is 42.5 Å². The van der Waals surface area contributed by atoms with Gasteiger partial charge in [0.1, 0.15) is 5.75 Å². The molecule has 7 heteroatoms. The van der Waals surface area contributed by atoms with E-state index in [1.807, 2.05) is 31.2 Å². The van der Waals surface area contributed by atoms with Crippen LogP contribution in [0.3, 0.4) is 0 Å². The molecule has 1 amide bonds. The second-order valence-corrected chi connectivity index (χ2v) is 7.08. The van der Waals surface area contributed by atoms with Crippen LogP contribution in [0.4, 0.5) is 13.2 Å². The Balaban J connectivity index is 1.76. The van der Waals surface area contributed by atoms with E-state index in [4.69, 9.17) is 4.74 Å². The second kappa shape index (κ2) is 9.31. The fraction of sp³-hybridized carbons (Fsp3) is 0.409. The normalized spacial score (nSPS) is 15.6. The van der Waals surface area contributed by atoms with E-state index in [0.29, 0.717) is 38.2 Å². The summed E-state index contributed by atoms with van der Waals surface area (Å²) in [7, 11) is 0. The SMILES string of the molecule is CCOc1ccc(CNC(CN2CCCC2=O)c2cccc(C(F)(F)F)c2)cc1. The minimum Gasteiger partial charge on any atom is -0.494 e. The van der Waals surface area contributed by atoms with Crippen molar-refractivity contribution in [2.24, 2.45) is 0 Å². The fourth-order valence-electron chi connectivity index (χ4n) is 3.45. The number of likely N-dealkylation sites (tertiary alicyclic amines) is 1. The summed E-state index contributed by atoms with van der Waals surface area (Å²) in [6, 6.07) is 12.5. The molecule has 1 aliphatic rings. The summed E-state index contributed by atoms with van der Waals surface area (Å²) < 4.78 is 44.9. The number of ether oxygens (including phenoxy) is 1. The highest BCUT2D eigenvalue weighted by molar-refractivity contribution is 5.78. The van der Waals surface area contributed by atoms with Crippen LogP contribution >= 0.6 is 0 Å². The molecule has 156 valence electrons. The van der Waals surface area contributed by atoms with Crippen molar-refractivity contribution < 1.29 is 22.7 Å². The molecule has 0 aromatic heterocycles. The Hall–Kier alpha value is -2.54. The number of benzene rings is 2. The van der Waals surface area contributed by atoms with Crippen molar-refractivity contribution >= 4 is 5.91 Å². The maximum absolute atomic E-state index is 13.2. The average Bonchev–Trinajstić information content (AvgIpc) is 3.10. The highest BCUT2D eigenvalue weighted by Crippen LogP contribution is 2.31. The predicted molar refractivity (Wildman–Crippen MR) is 104 cm³/mol. The molecule has 2 aromatic rings. The average molecular weight is 406 g/mol. The maximum atomic E-state index is 13.2. The molecule has 0 radical (unpaired) electrons. The van der Waals surface area contributed by atoms with Gasteiger partial charge in [-0.05, 0) is 48.7 Å². The molecule has 3 rings (SSSR count). The lowest BCUT2D eigenvalue weighted by atomic mass is 10.0. The van der Waals surface area contributed by atoms with Crippen molar-refractivity contribution in [1.82, 2.24) is 10.2 Å². The van der Waals surface area contributed by atoms with E-state index in [9.17, 15) is 18.0 Å². The van der Waals surface area contributed by atoms with E-state index in [0.717, 1.165) is 29.9 Å². The van der Waals surface area contributed by atoms with Crippen LogP contribution in [0.5, 0.6) is 5.75 Å². The van der Waals surface area contributed by atoms with Gasteiger partial charge in [0.2, 0.25) is 5.91 Å². The number of carbonyl (C=O) groups excluding carboxylic acids is 1. The zero-order chi connectivity index (χ0) is 20.9. The van der Waals surface area contributed by atoms with E-state index < -0.39 is 17.8 Å². The van der Waals surface area contributed by atoms with Crippen molar-refractivity contribution in [3.63, 3.8) is 0 Å². The third kappa shape index (κ3) is 5.73. The molecule has 29 heavy (non-hydrogen) atoms. The number of carbonyl (C=O) groups is 1. The largest absolute Gasteiger partial charge is 0.494 e. The third-order valence-corrected chi connectivity index (χ3v) is 4.98. The van der Waals surface area contributed by atoms with Crippen molar-refractivity contribution in [2.75, 3.05) is 19.7 Å². The zero-order valence-corrected chi connectivity index (χ0v) is 16.3. The Bertz CT molecular complexity index is 822. The smallest absolute Gasteiger partial charge is 0.416 e. The van der Waals surface area contributed by atoms with E-state index >= 15 is 0 Å². The van der Waals surface area contributed by atoms with Crippen LogP contribution < -0.4 is 10.1 Å². The highest BCUT2D eigenvalue weighted by atomic mass is 19.4. The van der Waals surface area contributed by atoms with Crippen LogP contribution in [0.25, 0.3) is 0 Å². The van der Waals surface area contributed by atoms with Crippen LogP contribution in [0.15, 0.2) is 48.5 Å². The van der Waals surface area contributed by atoms with Crippen molar-refractivity contribution in [1.29, 1.82) is 0 Å². The fourth-order valence-corrected chi connectivity index (χ4v) is 3.45. The van der Waals surface area contributed by atoms with Crippen LogP contribution in [-0.4, -0.2) is 30.5 Å². The second-order valence-electron chi connectivity index (χ2n) is 7.08. The molecule has 2 aromatic carbocycles. The predicted octanol–water partition coefficient (Wildman–Crippen LogP) is 4.56. The minimum absolute atomic E-state index is 0.0462. The Morgan fingerprint density at radius 1 is 1.17 bits per heavy atom. The lowest BCUT2D eigenvalue weighted by molar-refractivity contribution is -0.137. The van der Waals surface area contributed by atoms with E-state index in [-0.39, 0.29) is 5.91 Å². The van der Waals surface area contributed by atoms with Gasteiger partial charge in [-0.1, -0.05) is 24.3 Å². The summed E-state index contributed by atoms with van der Waals surface area (Å²) in [6.07, 6.45) is -3.12. The van der Waals surface area contributed by atoms with Gasteiger partial charge in [-0.2, -0.15) is 13.2 Å². The summed E-state index contributed by atoms with van der Waals surface area (Å²) in [5.41, 5.74) is 0.819. The molecule has 1 unspecified atom stereocenters. The molecule has 1 aliphatic heterocycles. The van der Waals surface area contributed by atoms with Crippen LogP contribution in [0.2, 0.25) is 0 Å². The number of amides is 1. The van der Waals surface area contributed by atoms with Gasteiger partial charge in [0, 0.05) is 26.1 Å². The van der Waals surface area contributed by atoms with Gasteiger partial charge in [0.15, 0.2) is 0 Å². The first kappa shape index (κ1) is 21.2. The third-order valence-electron chi connectivity index (χ3n) is 4.98. The standard InChI is InChI=1S/C22H25F3N2O2/c1-2-29-19-10-8-16(9-11-19)14-26-20(15-27-12-4-7-21(27)28)17-5-3-6-18(13-17)22(23,24)25/h3,5-6,8-11,13,20,26H,2,4,7,12,14-15H2,1H3. The van der Waals surface area contributed by atoms with E-state index in [1.165, 1.54) is 6.07 Å². The van der Waals surface area contributed by atoms with Gasteiger partial charge >= 0.3 is 6.18 Å². The quantitative estimate of drug-likeness (QED) is 0.699. The van der Waals surface area contributed by atoms with Gasteiger partial charge in [-0.25, -0.2) is 0 Å². The minimum atomic E-state index is -4.40. The van der Waals surface area contributed by atoms with Crippen molar-refractivity contribution in [2.45, 2.75) is 38.5 Å². The van der Waals surface area contributed by atoms with Gasteiger partial charge in [-0.15, -0.1) is 0 Å². The molecule has 0 saturated carbocycles. The van der Waals surface area contributed by atoms with Crippen molar-refractivity contribution in [3.05, 3.63) is 65.2 Å². The summed E-state index contributed by atoms with van der Waals surface area (Å²) in [6.45, 7) is 3.94. The number of hydrogen-bond donors (Lipinski definition) is 1. The van der Waals surface area contributed by atoms with Crippen LogP contribution in [-0.2, 0) is 17.5 Å². The van der Waals surface area contributed by atoms with Crippen LogP contribution in [0, 0.1) is 0 Å². The number of rotatable bonds is 8. The first-order valence-electron chi connectivity index (χ1n) is 9.77. The maximum Gasteiger partial charge on any atom is 0.416 e. The number of hydrogen-bond acceptors (Lipinski definition) is 3. The topological polar surface area (TPSA) is 41.6 Å². The highest BCUT2D eigenvalue weighted by Gasteiger charge is 2.31. The summed E-state index contributed by atoms with van der Waals surface area (Å²) in [4.78, 5) is 13.8. The molecule has 0 spiro atoms. The Labute approximate surface area is 168 Å². The number of nitrogens with one attached hydrogen (secondary N) is 1. The van der Waals surface area contributed by atoms with Gasteiger partial charge in [0.05, 0.1) is 18.2 Å². The van der Waals surface area contributed by atoms with Crippen molar-refractivity contribution in [3.8, 4) is 5.75 Å². The molecule has 0 aliphatic carbocycles. The lowest BCUT2D eigenvalue weighted by Gasteiger charge is -2.26. The molecular formula is C22H25F3N2O2. The Morgan fingerprint density at radius 2 is 1.93 bits per heavy atom. The first-order valence-corrected chi connectivity index (χ1v) is 9.77. The first-order chi connectivity index (χ1) is 13.9. The molecule has 1 heterocycles. The van der Waals surface area contributed by atoms with E-state index in [1.54, 1.807) is 11.0 Å². The monoisotopic (exact) mass is 406 g/mol. The molecule has 1 saturated heterocycles. The molecule has 4 nitrogen and oxygen atoms in total. The summed E-state index contributed by atoms with van der Waals surface area (Å²) >= 11 is 0. The molecule has 1 atom stereocenters. The molecule has 0 bridgehead atoms.